The van der Waals surface area contributed by atoms with E-state index in [9.17, 15) is 4.21 Å². The van der Waals surface area contributed by atoms with Crippen LogP contribution in [0, 0.1) is 0 Å². The predicted octanol–water partition coefficient (Wildman–Crippen LogP) is 4.40. The van der Waals surface area contributed by atoms with Crippen molar-refractivity contribution in [3.63, 3.8) is 0 Å². The van der Waals surface area contributed by atoms with E-state index in [4.69, 9.17) is 4.74 Å². The van der Waals surface area contributed by atoms with Crippen molar-refractivity contribution in [2.24, 2.45) is 0 Å². The van der Waals surface area contributed by atoms with E-state index >= 15 is 0 Å². The Balaban J connectivity index is 2.65. The molecule has 2 rings (SSSR count). The van der Waals surface area contributed by atoms with Crippen molar-refractivity contribution in [2.45, 2.75) is 31.1 Å². The maximum absolute atomic E-state index is 12.0. The van der Waals surface area contributed by atoms with Crippen LogP contribution in [0.1, 0.15) is 26.3 Å². The first-order chi connectivity index (χ1) is 9.84. The minimum Gasteiger partial charge on any atom is -0.496 e. The monoisotopic (exact) mass is 302 g/mol. The molecular weight excluding hydrogens is 280 g/mol. The molecule has 1 unspecified atom stereocenters. The highest BCUT2D eigenvalue weighted by atomic mass is 32.2. The summed E-state index contributed by atoms with van der Waals surface area (Å²) in [7, 11) is 0.689. The van der Waals surface area contributed by atoms with Crippen LogP contribution in [0.2, 0.25) is 0 Å². The van der Waals surface area contributed by atoms with Gasteiger partial charge in [-0.25, -0.2) is 0 Å². The van der Waals surface area contributed by atoms with Gasteiger partial charge < -0.3 is 4.74 Å². The molecule has 0 aliphatic rings. The smallest absolute Gasteiger partial charge is 0.126 e. The van der Waals surface area contributed by atoms with Gasteiger partial charge in [0.25, 0.3) is 0 Å². The van der Waals surface area contributed by atoms with Gasteiger partial charge in [0.2, 0.25) is 0 Å². The Bertz CT molecular complexity index is 669. The molecule has 0 aliphatic carbocycles. The van der Waals surface area contributed by atoms with Crippen LogP contribution in [0.4, 0.5) is 0 Å². The van der Waals surface area contributed by atoms with Gasteiger partial charge >= 0.3 is 0 Å². The molecule has 0 bridgehead atoms. The number of methoxy groups -OCH3 is 1. The third-order valence-corrected chi connectivity index (χ3v) is 4.49. The number of hydrogen-bond acceptors (Lipinski definition) is 2. The van der Waals surface area contributed by atoms with Gasteiger partial charge in [-0.1, -0.05) is 45.0 Å². The molecule has 21 heavy (non-hydrogen) atoms. The Morgan fingerprint density at radius 1 is 1.05 bits per heavy atom. The lowest BCUT2D eigenvalue weighted by Crippen LogP contribution is -2.14. The molecule has 0 spiro atoms. The molecular formula is C18H22O2S. The Kier molecular flexibility index (Phi) is 4.52. The average Bonchev–Trinajstić information content (AvgIpc) is 2.45. The molecule has 2 aromatic rings. The molecule has 2 aromatic carbocycles. The number of ether oxygens (including phenoxy) is 1. The third-order valence-electron chi connectivity index (χ3n) is 3.52. The molecule has 0 fully saturated rings. The van der Waals surface area contributed by atoms with Gasteiger partial charge in [-0.3, -0.25) is 4.21 Å². The number of rotatable bonds is 3. The molecule has 0 N–H and O–H groups in total. The fraction of sp³-hybridized carbons (Fsp3) is 0.333. The van der Waals surface area contributed by atoms with Crippen molar-refractivity contribution in [1.29, 1.82) is 0 Å². The largest absolute Gasteiger partial charge is 0.496 e. The summed E-state index contributed by atoms with van der Waals surface area (Å²) in [6.07, 6.45) is 1.73. The van der Waals surface area contributed by atoms with Crippen molar-refractivity contribution < 1.29 is 8.95 Å². The average molecular weight is 302 g/mol. The Morgan fingerprint density at radius 3 is 2.29 bits per heavy atom. The van der Waals surface area contributed by atoms with E-state index in [2.05, 4.69) is 26.8 Å². The van der Waals surface area contributed by atoms with Crippen molar-refractivity contribution in [2.75, 3.05) is 13.4 Å². The van der Waals surface area contributed by atoms with E-state index in [1.165, 1.54) is 0 Å². The molecule has 0 aromatic heterocycles. The number of para-hydroxylation sites is 1. The standard InChI is InChI=1S/C18H22O2S/c1-18(2,3)15-12-13(10-11-17(15)21(5)19)14-8-6-7-9-16(14)20-4/h6-12H,1-5H3. The van der Waals surface area contributed by atoms with E-state index in [1.54, 1.807) is 13.4 Å². The summed E-state index contributed by atoms with van der Waals surface area (Å²) in [4.78, 5) is 0.904. The van der Waals surface area contributed by atoms with Crippen LogP contribution in [0.25, 0.3) is 11.1 Å². The fourth-order valence-corrected chi connectivity index (χ4v) is 3.35. The Labute approximate surface area is 129 Å². The number of benzene rings is 2. The van der Waals surface area contributed by atoms with Crippen molar-refractivity contribution in [1.82, 2.24) is 0 Å². The highest BCUT2D eigenvalue weighted by molar-refractivity contribution is 7.84. The highest BCUT2D eigenvalue weighted by Crippen LogP contribution is 2.35. The quantitative estimate of drug-likeness (QED) is 0.840. The van der Waals surface area contributed by atoms with Crippen LogP contribution in [0.5, 0.6) is 5.75 Å². The molecule has 0 saturated heterocycles. The van der Waals surface area contributed by atoms with E-state index in [1.807, 2.05) is 36.4 Å². The van der Waals surface area contributed by atoms with E-state index < -0.39 is 10.8 Å². The van der Waals surface area contributed by atoms with Gasteiger partial charge in [-0.05, 0) is 34.7 Å². The summed E-state index contributed by atoms with van der Waals surface area (Å²) in [5.41, 5.74) is 3.20. The van der Waals surface area contributed by atoms with Crippen LogP contribution in [-0.4, -0.2) is 17.6 Å². The summed E-state index contributed by atoms with van der Waals surface area (Å²) >= 11 is 0. The SMILES string of the molecule is COc1ccccc1-c1ccc(S(C)=O)c(C(C)(C)C)c1. The van der Waals surface area contributed by atoms with Crippen LogP contribution in [0.15, 0.2) is 47.4 Å². The lowest BCUT2D eigenvalue weighted by molar-refractivity contribution is 0.416. The van der Waals surface area contributed by atoms with Gasteiger partial charge in [0.05, 0.1) is 17.9 Å². The molecule has 3 heteroatoms. The van der Waals surface area contributed by atoms with E-state index in [-0.39, 0.29) is 5.41 Å². The Morgan fingerprint density at radius 2 is 1.71 bits per heavy atom. The molecule has 112 valence electrons. The maximum Gasteiger partial charge on any atom is 0.126 e. The van der Waals surface area contributed by atoms with Crippen LogP contribution in [0.3, 0.4) is 0 Å². The fourth-order valence-electron chi connectivity index (χ4n) is 2.42. The lowest BCUT2D eigenvalue weighted by Gasteiger charge is -2.23. The zero-order chi connectivity index (χ0) is 15.6. The first-order valence-electron chi connectivity index (χ1n) is 6.96. The molecule has 0 aliphatic heterocycles. The van der Waals surface area contributed by atoms with Crippen LogP contribution in [-0.2, 0) is 16.2 Å². The Hall–Kier alpha value is -1.61. The van der Waals surface area contributed by atoms with Gasteiger partial charge in [-0.2, -0.15) is 0 Å². The molecule has 0 radical (unpaired) electrons. The normalized spacial score (nSPS) is 13.0. The van der Waals surface area contributed by atoms with E-state index in [0.717, 1.165) is 27.3 Å². The summed E-state index contributed by atoms with van der Waals surface area (Å²) in [5.74, 6) is 0.850. The van der Waals surface area contributed by atoms with Gasteiger partial charge in [0.1, 0.15) is 5.75 Å². The second-order valence-corrected chi connectivity index (χ2v) is 7.46. The van der Waals surface area contributed by atoms with Crippen LogP contribution < -0.4 is 4.74 Å². The minimum atomic E-state index is -0.990. The first-order valence-corrected chi connectivity index (χ1v) is 8.51. The molecule has 0 amide bonds. The molecule has 0 saturated carbocycles. The third kappa shape index (κ3) is 3.35. The lowest BCUT2D eigenvalue weighted by atomic mass is 9.85. The van der Waals surface area contributed by atoms with Gasteiger partial charge in [-0.15, -0.1) is 0 Å². The number of hydrogen-bond donors (Lipinski definition) is 0. The topological polar surface area (TPSA) is 26.3 Å². The van der Waals surface area contributed by atoms with Crippen LogP contribution >= 0.6 is 0 Å². The summed E-state index contributed by atoms with van der Waals surface area (Å²) in [5, 5.41) is 0. The molecule has 1 atom stereocenters. The summed E-state index contributed by atoms with van der Waals surface area (Å²) in [6, 6.07) is 14.1. The second-order valence-electron chi connectivity index (χ2n) is 6.12. The minimum absolute atomic E-state index is 0.0565. The first kappa shape index (κ1) is 15.8. The zero-order valence-electron chi connectivity index (χ0n) is 13.3. The van der Waals surface area contributed by atoms with Crippen molar-refractivity contribution in [3.8, 4) is 16.9 Å². The second kappa shape index (κ2) is 6.02. The van der Waals surface area contributed by atoms with Gasteiger partial charge in [0, 0.05) is 16.7 Å². The van der Waals surface area contributed by atoms with Crippen molar-refractivity contribution >= 4 is 10.8 Å². The van der Waals surface area contributed by atoms with Gasteiger partial charge in [0.15, 0.2) is 0 Å². The van der Waals surface area contributed by atoms with Crippen molar-refractivity contribution in [3.05, 3.63) is 48.0 Å². The zero-order valence-corrected chi connectivity index (χ0v) is 14.1. The summed E-state index contributed by atoms with van der Waals surface area (Å²) < 4.78 is 17.4. The molecule has 2 nitrogen and oxygen atoms in total. The summed E-state index contributed by atoms with van der Waals surface area (Å²) in [6.45, 7) is 6.43. The maximum atomic E-state index is 12.0. The molecule has 0 heterocycles. The van der Waals surface area contributed by atoms with E-state index in [0.29, 0.717) is 0 Å². The predicted molar refractivity (Wildman–Crippen MR) is 89.5 cm³/mol. The highest BCUT2D eigenvalue weighted by Gasteiger charge is 2.21.